The van der Waals surface area contributed by atoms with Crippen LogP contribution in [0.15, 0.2) is 60.8 Å². The van der Waals surface area contributed by atoms with Crippen molar-refractivity contribution in [3.05, 3.63) is 71.9 Å². The Morgan fingerprint density at radius 2 is 1.55 bits per heavy atom. The van der Waals surface area contributed by atoms with E-state index in [9.17, 15) is 21.6 Å². The number of hydrogen-bond donors (Lipinski definition) is 3. The number of benzene rings is 1. The quantitative estimate of drug-likeness (QED) is 0.428. The number of halogens is 3. The molecule has 0 fully saturated rings. The van der Waals surface area contributed by atoms with Gasteiger partial charge in [0, 0.05) is 19.3 Å². The fourth-order valence-electron chi connectivity index (χ4n) is 2.52. The Labute approximate surface area is 177 Å². The Kier molecular flexibility index (Phi) is 7.02. The van der Waals surface area contributed by atoms with Crippen LogP contribution >= 0.6 is 0 Å². The maximum Gasteiger partial charge on any atom is 0.416 e. The molecule has 0 saturated carbocycles. The molecule has 31 heavy (non-hydrogen) atoms. The molecule has 8 nitrogen and oxygen atoms in total. The molecule has 3 aromatic rings. The van der Waals surface area contributed by atoms with E-state index in [0.717, 1.165) is 24.3 Å². The number of hydrogen-bond acceptors (Lipinski definition) is 7. The molecule has 0 atom stereocenters. The number of nitrogens with zero attached hydrogens (tertiary/aromatic N) is 3. The van der Waals surface area contributed by atoms with Gasteiger partial charge >= 0.3 is 6.18 Å². The van der Waals surface area contributed by atoms with E-state index in [1.54, 1.807) is 30.5 Å². The summed E-state index contributed by atoms with van der Waals surface area (Å²) < 4.78 is 64.3. The fraction of sp³-hybridized carbons (Fsp3) is 0.211. The molecular formula is C19H19F3N6O2S. The molecule has 0 unspecified atom stereocenters. The summed E-state index contributed by atoms with van der Waals surface area (Å²) in [4.78, 5) is 4.12. The lowest BCUT2D eigenvalue weighted by molar-refractivity contribution is -0.137. The molecule has 0 aliphatic heterocycles. The van der Waals surface area contributed by atoms with Gasteiger partial charge in [-0.3, -0.25) is 0 Å². The van der Waals surface area contributed by atoms with Crippen molar-refractivity contribution in [3.63, 3.8) is 0 Å². The minimum Gasteiger partial charge on any atom is -0.367 e. The summed E-state index contributed by atoms with van der Waals surface area (Å²) in [5.74, 6) is 1.16. The monoisotopic (exact) mass is 452 g/mol. The van der Waals surface area contributed by atoms with E-state index in [2.05, 4.69) is 30.5 Å². The SMILES string of the molecule is O=S(=O)(Cc1ccc(C(F)(F)F)cc1)NCCNc1ccc(Nc2ccccn2)nn1. The highest BCUT2D eigenvalue weighted by molar-refractivity contribution is 7.88. The van der Waals surface area contributed by atoms with Gasteiger partial charge in [-0.25, -0.2) is 18.1 Å². The molecule has 0 spiro atoms. The zero-order valence-corrected chi connectivity index (χ0v) is 16.9. The summed E-state index contributed by atoms with van der Waals surface area (Å²) in [5, 5.41) is 13.9. The summed E-state index contributed by atoms with van der Waals surface area (Å²) in [7, 11) is -3.70. The first-order valence-electron chi connectivity index (χ1n) is 9.10. The van der Waals surface area contributed by atoms with E-state index in [-0.39, 0.29) is 18.7 Å². The van der Waals surface area contributed by atoms with Gasteiger partial charge in [0.15, 0.2) is 5.82 Å². The molecule has 0 aliphatic carbocycles. The Bertz CT molecular complexity index is 1080. The molecule has 0 bridgehead atoms. The number of alkyl halides is 3. The van der Waals surface area contributed by atoms with Crippen molar-refractivity contribution in [3.8, 4) is 0 Å². The lowest BCUT2D eigenvalue weighted by Crippen LogP contribution is -2.30. The smallest absolute Gasteiger partial charge is 0.367 e. The van der Waals surface area contributed by atoms with Crippen LogP contribution in [0.4, 0.5) is 30.6 Å². The Balaban J connectivity index is 1.43. The zero-order valence-electron chi connectivity index (χ0n) is 16.1. The lowest BCUT2D eigenvalue weighted by atomic mass is 10.1. The van der Waals surface area contributed by atoms with Gasteiger partial charge in [0.25, 0.3) is 0 Å². The standard InChI is InChI=1S/C19H19F3N6O2S/c20-19(21,22)15-6-4-14(5-7-15)13-31(29,30)25-12-11-24-17-8-9-18(28-27-17)26-16-3-1-2-10-23-16/h1-10,25H,11-13H2,(H,24,27)(H,23,26,28). The molecule has 0 aliphatic rings. The highest BCUT2D eigenvalue weighted by atomic mass is 32.2. The van der Waals surface area contributed by atoms with Crippen LogP contribution in [0, 0.1) is 0 Å². The van der Waals surface area contributed by atoms with Crippen molar-refractivity contribution in [2.45, 2.75) is 11.9 Å². The first-order chi connectivity index (χ1) is 14.7. The van der Waals surface area contributed by atoms with E-state index >= 15 is 0 Å². The molecule has 1 aromatic carbocycles. The second-order valence-corrected chi connectivity index (χ2v) is 8.23. The van der Waals surface area contributed by atoms with Gasteiger partial charge < -0.3 is 10.6 Å². The second kappa shape index (κ2) is 9.71. The average molecular weight is 452 g/mol. The highest BCUT2D eigenvalue weighted by Gasteiger charge is 2.30. The van der Waals surface area contributed by atoms with Gasteiger partial charge in [-0.2, -0.15) is 13.2 Å². The van der Waals surface area contributed by atoms with E-state index in [4.69, 9.17) is 0 Å². The normalized spacial score (nSPS) is 11.8. The van der Waals surface area contributed by atoms with Crippen molar-refractivity contribution in [2.75, 3.05) is 23.7 Å². The molecule has 0 radical (unpaired) electrons. The summed E-state index contributed by atoms with van der Waals surface area (Å²) in [5.41, 5.74) is -0.566. The predicted octanol–water partition coefficient (Wildman–Crippen LogP) is 3.17. The summed E-state index contributed by atoms with van der Waals surface area (Å²) in [6.45, 7) is 0.312. The minimum absolute atomic E-state index is 0.0680. The third-order valence-electron chi connectivity index (χ3n) is 3.98. The van der Waals surface area contributed by atoms with Crippen molar-refractivity contribution in [2.24, 2.45) is 0 Å². The van der Waals surface area contributed by atoms with Crippen LogP contribution in [-0.2, 0) is 22.0 Å². The molecule has 12 heteroatoms. The minimum atomic E-state index is -4.46. The van der Waals surface area contributed by atoms with E-state index in [1.807, 2.05) is 6.07 Å². The van der Waals surface area contributed by atoms with Crippen LogP contribution in [0.2, 0.25) is 0 Å². The first-order valence-corrected chi connectivity index (χ1v) is 10.8. The molecular weight excluding hydrogens is 433 g/mol. The van der Waals surface area contributed by atoms with Crippen molar-refractivity contribution in [1.82, 2.24) is 19.9 Å². The van der Waals surface area contributed by atoms with Crippen LogP contribution in [0.3, 0.4) is 0 Å². The maximum absolute atomic E-state index is 12.6. The topological polar surface area (TPSA) is 109 Å². The van der Waals surface area contributed by atoms with Gasteiger partial charge in [0.05, 0.1) is 11.3 Å². The van der Waals surface area contributed by atoms with E-state index < -0.39 is 27.5 Å². The number of sulfonamides is 1. The molecule has 2 heterocycles. The highest BCUT2D eigenvalue weighted by Crippen LogP contribution is 2.29. The van der Waals surface area contributed by atoms with Gasteiger partial charge in [-0.05, 0) is 42.0 Å². The Morgan fingerprint density at radius 1 is 0.839 bits per heavy atom. The summed E-state index contributed by atoms with van der Waals surface area (Å²) in [6.07, 6.45) is -2.82. The van der Waals surface area contributed by atoms with Crippen LogP contribution in [0.1, 0.15) is 11.1 Å². The summed E-state index contributed by atoms with van der Waals surface area (Å²) >= 11 is 0. The van der Waals surface area contributed by atoms with E-state index in [0.29, 0.717) is 17.5 Å². The third kappa shape index (κ3) is 7.19. The van der Waals surface area contributed by atoms with Crippen LogP contribution in [0.25, 0.3) is 0 Å². The van der Waals surface area contributed by atoms with Crippen LogP contribution < -0.4 is 15.4 Å². The molecule has 2 aromatic heterocycles. The lowest BCUT2D eigenvalue weighted by Gasteiger charge is -2.10. The van der Waals surface area contributed by atoms with E-state index in [1.165, 1.54) is 0 Å². The number of aromatic nitrogens is 3. The summed E-state index contributed by atoms with van der Waals surface area (Å²) in [6, 6.07) is 12.8. The maximum atomic E-state index is 12.6. The van der Waals surface area contributed by atoms with Crippen molar-refractivity contribution < 1.29 is 21.6 Å². The van der Waals surface area contributed by atoms with Crippen LogP contribution in [-0.4, -0.2) is 36.7 Å². The van der Waals surface area contributed by atoms with Crippen molar-refractivity contribution in [1.29, 1.82) is 0 Å². The number of anilines is 3. The van der Waals surface area contributed by atoms with Gasteiger partial charge in [-0.1, -0.05) is 18.2 Å². The third-order valence-corrected chi connectivity index (χ3v) is 5.33. The van der Waals surface area contributed by atoms with Gasteiger partial charge in [0.1, 0.15) is 11.6 Å². The number of rotatable bonds is 9. The first kappa shape index (κ1) is 22.4. The van der Waals surface area contributed by atoms with Crippen molar-refractivity contribution >= 4 is 27.5 Å². The Hall–Kier alpha value is -3.25. The second-order valence-electron chi connectivity index (χ2n) is 6.42. The van der Waals surface area contributed by atoms with Gasteiger partial charge in [0.2, 0.25) is 10.0 Å². The number of nitrogens with one attached hydrogen (secondary N) is 3. The predicted molar refractivity (Wildman–Crippen MR) is 110 cm³/mol. The van der Waals surface area contributed by atoms with Crippen LogP contribution in [0.5, 0.6) is 0 Å². The number of pyridine rings is 1. The molecule has 0 saturated heterocycles. The molecule has 3 rings (SSSR count). The molecule has 3 N–H and O–H groups in total. The average Bonchev–Trinajstić information content (AvgIpc) is 2.73. The largest absolute Gasteiger partial charge is 0.416 e. The zero-order chi connectivity index (χ0) is 22.3. The van der Waals surface area contributed by atoms with Gasteiger partial charge in [-0.15, -0.1) is 10.2 Å². The fourth-order valence-corrected chi connectivity index (χ4v) is 3.67. The Morgan fingerprint density at radius 3 is 2.16 bits per heavy atom. The molecule has 164 valence electrons. The molecule has 0 amide bonds.